The number of imidazole rings is 1. The van der Waals surface area contributed by atoms with Gasteiger partial charge in [0.05, 0.1) is 43.7 Å². The van der Waals surface area contributed by atoms with Crippen LogP contribution in [0.25, 0.3) is 22.5 Å². The van der Waals surface area contributed by atoms with Crippen LogP contribution in [0.15, 0.2) is 108 Å². The molecule has 0 N–H and O–H groups in total. The Bertz CT molecular complexity index is 1870. The molecule has 0 aliphatic carbocycles. The van der Waals surface area contributed by atoms with Gasteiger partial charge in [0.25, 0.3) is 15.9 Å². The Hall–Kier alpha value is -4.48. The van der Waals surface area contributed by atoms with Crippen molar-refractivity contribution < 1.29 is 31.5 Å². The minimum Gasteiger partial charge on any atom is -0.497 e. The van der Waals surface area contributed by atoms with Crippen LogP contribution < -0.4 is 9.47 Å². The Balaban J connectivity index is 1.41. The third-order valence-electron chi connectivity index (χ3n) is 7.79. The van der Waals surface area contributed by atoms with Gasteiger partial charge in [-0.1, -0.05) is 48.0 Å². The van der Waals surface area contributed by atoms with E-state index in [1.165, 1.54) is 12.1 Å². The van der Waals surface area contributed by atoms with Crippen molar-refractivity contribution in [3.63, 3.8) is 0 Å². The summed E-state index contributed by atoms with van der Waals surface area (Å²) in [6.07, 6.45) is -0.698. The molecule has 1 aromatic heterocycles. The molecule has 2 unspecified atom stereocenters. The van der Waals surface area contributed by atoms with Crippen molar-refractivity contribution in [1.29, 1.82) is 0 Å². The zero-order valence-electron chi connectivity index (χ0n) is 25.5. The van der Waals surface area contributed by atoms with Crippen molar-refractivity contribution >= 4 is 10.1 Å². The predicted octanol–water partition coefficient (Wildman–Crippen LogP) is 6.10. The Morgan fingerprint density at radius 2 is 1.44 bits per heavy atom. The summed E-state index contributed by atoms with van der Waals surface area (Å²) < 4.78 is 57.2. The van der Waals surface area contributed by atoms with Gasteiger partial charge in [0.2, 0.25) is 0 Å². The molecule has 0 amide bonds. The van der Waals surface area contributed by atoms with Gasteiger partial charge in [0.15, 0.2) is 5.82 Å². The van der Waals surface area contributed by atoms with E-state index in [1.54, 1.807) is 26.4 Å². The van der Waals surface area contributed by atoms with Gasteiger partial charge in [0.1, 0.15) is 17.6 Å². The third kappa shape index (κ3) is 5.97. The second-order valence-electron chi connectivity index (χ2n) is 10.7. The SMILES string of the molecule is COc1ccc(-c2nc(C3(c4ccccc4)OCC(COS(=O)(=O)c4ccc(C)cc4)O3)n(C)c2-c2ccc(OC)cc2)cc1. The zero-order chi connectivity index (χ0) is 31.6. The van der Waals surface area contributed by atoms with Gasteiger partial charge in [-0.15, -0.1) is 0 Å². The van der Waals surface area contributed by atoms with Crippen LogP contribution in [0.3, 0.4) is 0 Å². The molecule has 45 heavy (non-hydrogen) atoms. The Morgan fingerprint density at radius 1 is 0.844 bits per heavy atom. The molecule has 2 heterocycles. The van der Waals surface area contributed by atoms with Crippen LogP contribution in [0.4, 0.5) is 0 Å². The summed E-state index contributed by atoms with van der Waals surface area (Å²) in [4.78, 5) is 5.25. The third-order valence-corrected chi connectivity index (χ3v) is 9.09. The molecule has 0 radical (unpaired) electrons. The van der Waals surface area contributed by atoms with Gasteiger partial charge in [0, 0.05) is 23.7 Å². The van der Waals surface area contributed by atoms with Gasteiger partial charge < -0.3 is 23.5 Å². The van der Waals surface area contributed by atoms with Crippen molar-refractivity contribution in [3.05, 3.63) is 120 Å². The maximum absolute atomic E-state index is 13.0. The van der Waals surface area contributed by atoms with Crippen LogP contribution in [0.1, 0.15) is 17.0 Å². The first-order chi connectivity index (χ1) is 21.7. The topological polar surface area (TPSA) is 98.1 Å². The second kappa shape index (κ2) is 12.5. The molecule has 10 heteroatoms. The largest absolute Gasteiger partial charge is 0.497 e. The van der Waals surface area contributed by atoms with E-state index in [0.717, 1.165) is 33.9 Å². The highest BCUT2D eigenvalue weighted by molar-refractivity contribution is 7.86. The first-order valence-electron chi connectivity index (χ1n) is 14.4. The Labute approximate surface area is 263 Å². The molecule has 0 saturated carbocycles. The van der Waals surface area contributed by atoms with Crippen LogP contribution in [0.2, 0.25) is 0 Å². The molecule has 2 atom stereocenters. The lowest BCUT2D eigenvalue weighted by atomic mass is 10.0. The van der Waals surface area contributed by atoms with E-state index in [1.807, 2.05) is 97.4 Å². The fourth-order valence-corrected chi connectivity index (χ4v) is 6.35. The van der Waals surface area contributed by atoms with Crippen molar-refractivity contribution in [1.82, 2.24) is 9.55 Å². The number of aromatic nitrogens is 2. The summed E-state index contributed by atoms with van der Waals surface area (Å²) in [5.74, 6) is 0.518. The normalized spacial score (nSPS) is 18.2. The predicted molar refractivity (Wildman–Crippen MR) is 170 cm³/mol. The molecule has 4 aromatic carbocycles. The van der Waals surface area contributed by atoms with Crippen LogP contribution in [-0.4, -0.2) is 51.5 Å². The highest BCUT2D eigenvalue weighted by Crippen LogP contribution is 2.44. The lowest BCUT2D eigenvalue weighted by Gasteiger charge is -2.28. The molecule has 1 fully saturated rings. The quantitative estimate of drug-likeness (QED) is 0.172. The van der Waals surface area contributed by atoms with E-state index in [-0.39, 0.29) is 18.1 Å². The lowest BCUT2D eigenvalue weighted by molar-refractivity contribution is -0.152. The summed E-state index contributed by atoms with van der Waals surface area (Å²) >= 11 is 0. The minimum absolute atomic E-state index is 0.0821. The number of ether oxygens (including phenoxy) is 4. The summed E-state index contributed by atoms with van der Waals surface area (Å²) in [7, 11) is 1.17. The summed E-state index contributed by atoms with van der Waals surface area (Å²) in [6, 6.07) is 31.5. The standard InChI is InChI=1S/C35H34N2O7S/c1-24-10-20-31(21-11-24)45(38,39)43-23-30-22-42-35(44-30,27-8-6-5-7-9-27)34-36-32(25-12-16-28(40-3)17-13-25)33(37(34)2)26-14-18-29(41-4)19-15-26/h5-21,30H,22-23H2,1-4H3. The highest BCUT2D eigenvalue weighted by atomic mass is 32.2. The van der Waals surface area contributed by atoms with Crippen molar-refractivity contribution in [3.8, 4) is 34.0 Å². The number of aryl methyl sites for hydroxylation is 1. The first kappa shape index (κ1) is 30.5. The van der Waals surface area contributed by atoms with E-state index >= 15 is 0 Å². The molecule has 5 aromatic rings. The second-order valence-corrected chi connectivity index (χ2v) is 12.3. The number of nitrogens with zero attached hydrogens (tertiary/aromatic N) is 2. The van der Waals surface area contributed by atoms with Crippen LogP contribution >= 0.6 is 0 Å². The summed E-state index contributed by atoms with van der Waals surface area (Å²) in [5.41, 5.74) is 4.99. The number of rotatable bonds is 10. The molecule has 1 aliphatic heterocycles. The van der Waals surface area contributed by atoms with Gasteiger partial charge in [-0.25, -0.2) is 4.98 Å². The Morgan fingerprint density at radius 3 is 2.04 bits per heavy atom. The van der Waals surface area contributed by atoms with Gasteiger partial charge in [-0.05, 0) is 67.6 Å². The molecule has 0 spiro atoms. The molecule has 1 saturated heterocycles. The van der Waals surface area contributed by atoms with Crippen LogP contribution in [0.5, 0.6) is 11.5 Å². The molecule has 9 nitrogen and oxygen atoms in total. The van der Waals surface area contributed by atoms with Crippen molar-refractivity contribution in [2.45, 2.75) is 23.7 Å². The number of hydrogen-bond donors (Lipinski definition) is 0. The minimum atomic E-state index is -4.00. The molecule has 1 aliphatic rings. The van der Waals surface area contributed by atoms with E-state index in [9.17, 15) is 8.42 Å². The summed E-state index contributed by atoms with van der Waals surface area (Å²) in [6.45, 7) is 1.74. The zero-order valence-corrected chi connectivity index (χ0v) is 26.3. The van der Waals surface area contributed by atoms with Crippen LogP contribution in [-0.2, 0) is 36.6 Å². The summed E-state index contributed by atoms with van der Waals surface area (Å²) in [5, 5.41) is 0. The van der Waals surface area contributed by atoms with Crippen LogP contribution in [0, 0.1) is 6.92 Å². The smallest absolute Gasteiger partial charge is 0.297 e. The fourth-order valence-electron chi connectivity index (χ4n) is 5.41. The molecular formula is C35H34N2O7S. The number of methoxy groups -OCH3 is 2. The highest BCUT2D eigenvalue weighted by Gasteiger charge is 2.49. The molecular weight excluding hydrogens is 592 g/mol. The first-order valence-corrected chi connectivity index (χ1v) is 15.8. The molecule has 232 valence electrons. The Kier molecular flexibility index (Phi) is 8.48. The average Bonchev–Trinajstić information content (AvgIpc) is 3.66. The van der Waals surface area contributed by atoms with Crippen molar-refractivity contribution in [2.75, 3.05) is 27.4 Å². The average molecular weight is 627 g/mol. The lowest BCUT2D eigenvalue weighted by Crippen LogP contribution is -2.34. The van der Waals surface area contributed by atoms with E-state index in [2.05, 4.69) is 0 Å². The van der Waals surface area contributed by atoms with Crippen molar-refractivity contribution in [2.24, 2.45) is 7.05 Å². The van der Waals surface area contributed by atoms with Gasteiger partial charge in [-0.2, -0.15) is 8.42 Å². The fraction of sp³-hybridized carbons (Fsp3) is 0.229. The van der Waals surface area contributed by atoms with E-state index in [4.69, 9.17) is 28.1 Å². The maximum Gasteiger partial charge on any atom is 0.297 e. The van der Waals surface area contributed by atoms with Gasteiger partial charge in [-0.3, -0.25) is 4.18 Å². The van der Waals surface area contributed by atoms with Gasteiger partial charge >= 0.3 is 0 Å². The maximum atomic E-state index is 13.0. The van der Waals surface area contributed by atoms with E-state index < -0.39 is 22.0 Å². The number of benzene rings is 4. The monoisotopic (exact) mass is 626 g/mol. The number of hydrogen-bond acceptors (Lipinski definition) is 8. The molecule has 6 rings (SSSR count). The van der Waals surface area contributed by atoms with E-state index in [0.29, 0.717) is 17.1 Å². The molecule has 0 bridgehead atoms.